The summed E-state index contributed by atoms with van der Waals surface area (Å²) in [5.74, 6) is 0.444. The molecular formula is C6H16Ca2Cl3O6+5. The molecule has 0 spiro atoms. The van der Waals surface area contributed by atoms with Crippen molar-refractivity contribution in [2.24, 2.45) is 0 Å². The molecule has 0 bridgehead atoms. The number of carbonyl (C=O) groups is 1. The standard InChI is InChI=1S/C3H8ClO.C3H3O2.2Ca.ClH2O.ClH.2H2O/c1-3(5)2-4;4-1-3-2-5-3;;;1-2;;;/h3-5H,2H2,1H3;1-3H;;;1-2H;1H;2*1H2/q2*+1;2*+2;+1;;;/p-2. The summed E-state index contributed by atoms with van der Waals surface area (Å²) >= 11 is 7.51. The second-order valence-electron chi connectivity index (χ2n) is 1.89. The van der Waals surface area contributed by atoms with Crippen molar-refractivity contribution < 1.29 is 66.1 Å². The van der Waals surface area contributed by atoms with E-state index in [1.165, 1.54) is 6.61 Å². The molecule has 1 aliphatic rings. The summed E-state index contributed by atoms with van der Waals surface area (Å²) in [5.41, 5.74) is 0. The van der Waals surface area contributed by atoms with Crippen molar-refractivity contribution in [2.75, 3.05) is 5.88 Å². The number of epoxide rings is 1. The average Bonchev–Trinajstić information content (AvgIpc) is 2.91. The van der Waals surface area contributed by atoms with Crippen molar-refractivity contribution in [1.29, 1.82) is 0 Å². The monoisotopic (exact) mass is 369 g/mol. The molecule has 2 unspecified atom stereocenters. The molecule has 5 N–H and O–H groups in total. The second kappa shape index (κ2) is 36.3. The zero-order valence-electron chi connectivity index (χ0n) is 9.28. The largest absolute Gasteiger partial charge is 2.00 e. The Bertz CT molecular complexity index is 110. The van der Waals surface area contributed by atoms with Gasteiger partial charge in [0, 0.05) is 0 Å². The number of ether oxygens (including phenoxy) is 1. The maximum Gasteiger partial charge on any atom is 2.00 e. The summed E-state index contributed by atoms with van der Waals surface area (Å²) in [4.78, 5) is 9.41. The Kier molecular flexibility index (Phi) is 91.3. The molecule has 0 aromatic heterocycles. The van der Waals surface area contributed by atoms with Gasteiger partial charge in [-0.25, -0.2) is 0 Å². The van der Waals surface area contributed by atoms with Gasteiger partial charge in [-0.1, -0.05) is 0 Å². The van der Waals surface area contributed by atoms with E-state index < -0.39 is 0 Å². The van der Waals surface area contributed by atoms with Gasteiger partial charge in [0.25, 0.3) is 6.61 Å². The van der Waals surface area contributed by atoms with E-state index in [1.807, 2.05) is 0 Å². The second-order valence-corrected chi connectivity index (χ2v) is 2.22. The molecule has 1 rings (SSSR count). The van der Waals surface area contributed by atoms with E-state index in [-0.39, 0.29) is 111 Å². The number of hydrogen-bond donors (Lipinski definition) is 2. The van der Waals surface area contributed by atoms with E-state index in [0.717, 1.165) is 6.29 Å². The van der Waals surface area contributed by atoms with Crippen LogP contribution in [0.25, 0.3) is 0 Å². The van der Waals surface area contributed by atoms with Crippen LogP contribution in [0.5, 0.6) is 0 Å². The van der Waals surface area contributed by atoms with Crippen LogP contribution in [-0.4, -0.2) is 121 Å². The van der Waals surface area contributed by atoms with Gasteiger partial charge < -0.3 is 28.5 Å². The van der Waals surface area contributed by atoms with Crippen LogP contribution in [0.2, 0.25) is 0 Å². The van der Waals surface area contributed by atoms with E-state index in [4.69, 9.17) is 9.77 Å². The summed E-state index contributed by atoms with van der Waals surface area (Å²) in [5, 5.41) is 8.26. The van der Waals surface area contributed by atoms with Crippen molar-refractivity contribution in [3.63, 3.8) is 0 Å². The molecular weight excluding hydrogens is 355 g/mol. The zero-order valence-corrected chi connectivity index (χ0v) is 16.1. The minimum absolute atomic E-state index is 0. The van der Waals surface area contributed by atoms with Crippen LogP contribution >= 0.6 is 0 Å². The number of halogens is 3. The van der Waals surface area contributed by atoms with Crippen LogP contribution in [-0.2, 0) is 9.53 Å². The van der Waals surface area contributed by atoms with E-state index in [2.05, 4.69) is 28.2 Å². The molecule has 0 aromatic carbocycles. The number of carbonyl (C=O) groups excluding carboxylic acids is 1. The third-order valence-electron chi connectivity index (χ3n) is 0.669. The fourth-order valence-electron chi connectivity index (χ4n) is 0.110. The van der Waals surface area contributed by atoms with Crippen molar-refractivity contribution in [3.05, 3.63) is 6.61 Å². The summed E-state index contributed by atoms with van der Waals surface area (Å²) in [6.07, 6.45) is 0.278. The Morgan fingerprint density at radius 3 is 1.71 bits per heavy atom. The van der Waals surface area contributed by atoms with Gasteiger partial charge in [0.2, 0.25) is 6.29 Å². The summed E-state index contributed by atoms with van der Waals surface area (Å²) < 4.78 is 10.9. The SMILES string of the molecule is CC(O)C[ClH+].O.O=CC1[CH+]O1.O[ClH+].[Ca+2].[Ca+2].[Cl-].[OH-]. The molecule has 96 valence electrons. The van der Waals surface area contributed by atoms with E-state index in [9.17, 15) is 4.79 Å². The fraction of sp³-hybridized carbons (Fsp3) is 0.667. The molecule has 2 atom stereocenters. The van der Waals surface area contributed by atoms with Crippen LogP contribution in [0.3, 0.4) is 0 Å². The van der Waals surface area contributed by atoms with Crippen LogP contribution < -0.4 is 12.4 Å². The average molecular weight is 371 g/mol. The fourth-order valence-corrected chi connectivity index (χ4v) is 0.110. The smallest absolute Gasteiger partial charge is 1.00 e. The first-order valence-electron chi connectivity index (χ1n) is 3.09. The maximum absolute atomic E-state index is 9.41. The first-order valence-corrected chi connectivity index (χ1v) is 4.03. The molecule has 1 heterocycles. The van der Waals surface area contributed by atoms with Gasteiger partial charge in [0.1, 0.15) is 17.7 Å². The Hall–Kier alpha value is 2.73. The van der Waals surface area contributed by atoms with Crippen molar-refractivity contribution in [1.82, 2.24) is 0 Å². The van der Waals surface area contributed by atoms with E-state index in [1.54, 1.807) is 6.92 Å². The van der Waals surface area contributed by atoms with Crippen LogP contribution in [0, 0.1) is 30.1 Å². The molecule has 1 fully saturated rings. The number of rotatable bonds is 2. The minimum Gasteiger partial charge on any atom is -1.00 e. The van der Waals surface area contributed by atoms with Gasteiger partial charge in [0.05, 0.1) is 0 Å². The Balaban J connectivity index is -0.0000000163. The van der Waals surface area contributed by atoms with Crippen molar-refractivity contribution >= 4 is 81.8 Å². The van der Waals surface area contributed by atoms with Crippen LogP contribution in [0.1, 0.15) is 6.92 Å². The molecule has 17 heavy (non-hydrogen) atoms. The van der Waals surface area contributed by atoms with Gasteiger partial charge in [0.15, 0.2) is 5.88 Å². The number of aliphatic hydroxyl groups excluding tert-OH is 1. The van der Waals surface area contributed by atoms with E-state index in [0.29, 0.717) is 5.88 Å². The quantitative estimate of drug-likeness (QED) is 0.164. The Labute approximate surface area is 177 Å². The predicted octanol–water partition coefficient (Wildman–Crippen LogP) is -6.19. The normalized spacial score (nSPS) is 14.1. The van der Waals surface area contributed by atoms with Gasteiger partial charge in [-0.15, -0.1) is 9.40 Å². The van der Waals surface area contributed by atoms with Gasteiger partial charge in [-0.3, -0.25) is 4.79 Å². The summed E-state index contributed by atoms with van der Waals surface area (Å²) in [7, 11) is 0. The Morgan fingerprint density at radius 1 is 1.47 bits per heavy atom. The molecule has 6 nitrogen and oxygen atoms in total. The van der Waals surface area contributed by atoms with Crippen molar-refractivity contribution in [2.45, 2.75) is 19.1 Å². The topological polar surface area (TPSA) is 132 Å². The number of aliphatic hydroxyl groups is 1. The van der Waals surface area contributed by atoms with E-state index >= 15 is 0 Å². The molecule has 0 radical (unpaired) electrons. The summed E-state index contributed by atoms with van der Waals surface area (Å²) in [6.45, 7) is 3.15. The van der Waals surface area contributed by atoms with Crippen LogP contribution in [0.15, 0.2) is 0 Å². The number of hydrogen-bond acceptors (Lipinski definition) is 5. The summed E-state index contributed by atoms with van der Waals surface area (Å²) in [6, 6.07) is 0. The molecule has 0 saturated carbocycles. The third kappa shape index (κ3) is 55.4. The predicted molar refractivity (Wildman–Crippen MR) is 53.9 cm³/mol. The van der Waals surface area contributed by atoms with Crippen LogP contribution in [0.4, 0.5) is 0 Å². The molecule has 0 amide bonds. The van der Waals surface area contributed by atoms with Crippen molar-refractivity contribution in [3.8, 4) is 0 Å². The molecule has 1 saturated heterocycles. The molecule has 11 heteroatoms. The minimum atomic E-state index is -0.301. The zero-order chi connectivity index (χ0) is 9.98. The first kappa shape index (κ1) is 42.7. The van der Waals surface area contributed by atoms with Gasteiger partial charge >= 0.3 is 93.4 Å². The number of alkyl halides is 1. The molecule has 1 aliphatic heterocycles. The van der Waals surface area contributed by atoms with Gasteiger partial charge in [-0.2, -0.15) is 0 Å². The molecule has 0 aromatic rings. The first-order chi connectivity index (χ1) is 5.70. The van der Waals surface area contributed by atoms with Gasteiger partial charge in [-0.05, 0) is 6.92 Å². The third-order valence-corrected chi connectivity index (χ3v) is 1.15. The number of aldehydes is 1. The maximum atomic E-state index is 9.41. The molecule has 0 aliphatic carbocycles. The Morgan fingerprint density at radius 2 is 1.71 bits per heavy atom.